The van der Waals surface area contributed by atoms with E-state index in [-0.39, 0.29) is 23.6 Å². The number of rotatable bonds is 7. The van der Waals surface area contributed by atoms with Crippen molar-refractivity contribution in [1.29, 1.82) is 5.26 Å². The van der Waals surface area contributed by atoms with Crippen LogP contribution in [0.5, 0.6) is 0 Å². The van der Waals surface area contributed by atoms with E-state index in [0.29, 0.717) is 28.8 Å². The number of carbonyl (C=O) groups is 1. The highest BCUT2D eigenvalue weighted by Gasteiger charge is 2.22. The van der Waals surface area contributed by atoms with Crippen molar-refractivity contribution in [1.82, 2.24) is 14.8 Å². The highest BCUT2D eigenvalue weighted by atomic mass is 32.2. The fraction of sp³-hybridized carbons (Fsp3) is 0.273. The van der Waals surface area contributed by atoms with Crippen molar-refractivity contribution < 1.29 is 13.9 Å². The van der Waals surface area contributed by atoms with E-state index in [0.717, 1.165) is 25.0 Å². The Balaban J connectivity index is 1.49. The SMILES string of the molecule is N#Cc1cccc(NC(=O)CSc2nnc(-c3ccc(F)cc3)n2C[C@@H]2CCCO2)c1. The molecule has 0 radical (unpaired) electrons. The monoisotopic (exact) mass is 437 g/mol. The number of hydrogen-bond donors (Lipinski definition) is 1. The van der Waals surface area contributed by atoms with Gasteiger partial charge in [-0.2, -0.15) is 5.26 Å². The van der Waals surface area contributed by atoms with E-state index >= 15 is 0 Å². The van der Waals surface area contributed by atoms with Crippen LogP contribution in [-0.4, -0.2) is 39.1 Å². The number of nitriles is 1. The molecule has 4 rings (SSSR count). The van der Waals surface area contributed by atoms with Crippen LogP contribution in [0, 0.1) is 17.1 Å². The lowest BCUT2D eigenvalue weighted by Crippen LogP contribution is -2.18. The molecule has 0 bridgehead atoms. The van der Waals surface area contributed by atoms with Crippen molar-refractivity contribution in [3.63, 3.8) is 0 Å². The number of benzene rings is 2. The Hall–Kier alpha value is -3.22. The fourth-order valence-corrected chi connectivity index (χ4v) is 4.11. The maximum absolute atomic E-state index is 13.3. The second kappa shape index (κ2) is 9.73. The summed E-state index contributed by atoms with van der Waals surface area (Å²) < 4.78 is 21.0. The van der Waals surface area contributed by atoms with Gasteiger partial charge in [0.15, 0.2) is 11.0 Å². The minimum absolute atomic E-state index is 0.0529. The van der Waals surface area contributed by atoms with Gasteiger partial charge in [0, 0.05) is 17.9 Å². The van der Waals surface area contributed by atoms with Crippen molar-refractivity contribution >= 4 is 23.4 Å². The summed E-state index contributed by atoms with van der Waals surface area (Å²) in [5.41, 5.74) is 1.79. The normalized spacial score (nSPS) is 15.5. The number of hydrogen-bond acceptors (Lipinski definition) is 6. The number of thioether (sulfide) groups is 1. The number of nitrogens with one attached hydrogen (secondary N) is 1. The van der Waals surface area contributed by atoms with Gasteiger partial charge >= 0.3 is 0 Å². The molecule has 1 aliphatic rings. The highest BCUT2D eigenvalue weighted by Crippen LogP contribution is 2.27. The van der Waals surface area contributed by atoms with E-state index in [2.05, 4.69) is 15.5 Å². The summed E-state index contributed by atoms with van der Waals surface area (Å²) in [5.74, 6) is 0.208. The van der Waals surface area contributed by atoms with Gasteiger partial charge in [0.1, 0.15) is 5.82 Å². The van der Waals surface area contributed by atoms with Crippen LogP contribution in [0.1, 0.15) is 18.4 Å². The first-order valence-corrected chi connectivity index (χ1v) is 10.8. The fourth-order valence-electron chi connectivity index (χ4n) is 3.36. The molecule has 0 spiro atoms. The van der Waals surface area contributed by atoms with Gasteiger partial charge in [-0.25, -0.2) is 4.39 Å². The average Bonchev–Trinajstić information content (AvgIpc) is 3.43. The van der Waals surface area contributed by atoms with Gasteiger partial charge in [0.2, 0.25) is 5.91 Å². The lowest BCUT2D eigenvalue weighted by Gasteiger charge is -2.14. The Labute approximate surface area is 183 Å². The molecular formula is C22H20FN5O2S. The molecule has 7 nitrogen and oxygen atoms in total. The summed E-state index contributed by atoms with van der Waals surface area (Å²) in [5, 5.41) is 20.9. The molecular weight excluding hydrogens is 417 g/mol. The smallest absolute Gasteiger partial charge is 0.234 e. The molecule has 0 unspecified atom stereocenters. The van der Waals surface area contributed by atoms with Crippen LogP contribution >= 0.6 is 11.8 Å². The molecule has 158 valence electrons. The molecule has 1 atom stereocenters. The molecule has 31 heavy (non-hydrogen) atoms. The first-order valence-electron chi connectivity index (χ1n) is 9.86. The van der Waals surface area contributed by atoms with Gasteiger partial charge in [-0.15, -0.1) is 10.2 Å². The van der Waals surface area contributed by atoms with Gasteiger partial charge in [0.25, 0.3) is 0 Å². The number of amides is 1. The second-order valence-corrected chi connectivity index (χ2v) is 8.03. The summed E-state index contributed by atoms with van der Waals surface area (Å²) in [6.07, 6.45) is 2.00. The largest absolute Gasteiger partial charge is 0.376 e. The molecule has 1 aliphatic heterocycles. The summed E-state index contributed by atoms with van der Waals surface area (Å²) >= 11 is 1.27. The topological polar surface area (TPSA) is 92.8 Å². The molecule has 1 N–H and O–H groups in total. The minimum atomic E-state index is -0.319. The number of anilines is 1. The lowest BCUT2D eigenvalue weighted by atomic mass is 10.2. The van der Waals surface area contributed by atoms with E-state index in [4.69, 9.17) is 10.00 Å². The maximum atomic E-state index is 13.3. The van der Waals surface area contributed by atoms with E-state index in [1.165, 1.54) is 23.9 Å². The third-order valence-electron chi connectivity index (χ3n) is 4.84. The quantitative estimate of drug-likeness (QED) is 0.564. The Morgan fingerprint density at radius 1 is 1.29 bits per heavy atom. The third-order valence-corrected chi connectivity index (χ3v) is 5.80. The summed E-state index contributed by atoms with van der Waals surface area (Å²) in [4.78, 5) is 12.4. The second-order valence-electron chi connectivity index (χ2n) is 7.09. The van der Waals surface area contributed by atoms with Crippen LogP contribution in [0.25, 0.3) is 11.4 Å². The van der Waals surface area contributed by atoms with E-state index in [1.54, 1.807) is 36.4 Å². The predicted octanol–water partition coefficient (Wildman–Crippen LogP) is 3.87. The highest BCUT2D eigenvalue weighted by molar-refractivity contribution is 7.99. The van der Waals surface area contributed by atoms with E-state index in [1.807, 2.05) is 10.6 Å². The van der Waals surface area contributed by atoms with Crippen molar-refractivity contribution in [3.05, 3.63) is 59.9 Å². The van der Waals surface area contributed by atoms with Crippen LogP contribution in [0.3, 0.4) is 0 Å². The zero-order chi connectivity index (χ0) is 21.6. The Bertz CT molecular complexity index is 1100. The van der Waals surface area contributed by atoms with Gasteiger partial charge in [0.05, 0.1) is 30.0 Å². The van der Waals surface area contributed by atoms with Crippen LogP contribution in [-0.2, 0) is 16.1 Å². The molecule has 1 fully saturated rings. The number of aromatic nitrogens is 3. The van der Waals surface area contributed by atoms with Crippen molar-refractivity contribution in [2.24, 2.45) is 0 Å². The molecule has 0 aliphatic carbocycles. The van der Waals surface area contributed by atoms with E-state index in [9.17, 15) is 9.18 Å². The zero-order valence-electron chi connectivity index (χ0n) is 16.6. The molecule has 2 aromatic carbocycles. The van der Waals surface area contributed by atoms with E-state index < -0.39 is 0 Å². The van der Waals surface area contributed by atoms with Gasteiger partial charge in [-0.05, 0) is 55.3 Å². The van der Waals surface area contributed by atoms with Crippen LogP contribution in [0.2, 0.25) is 0 Å². The van der Waals surface area contributed by atoms with Crippen LogP contribution in [0.15, 0.2) is 53.7 Å². The summed E-state index contributed by atoms with van der Waals surface area (Å²) in [6, 6.07) is 14.9. The first kappa shape index (κ1) is 21.0. The Morgan fingerprint density at radius 2 is 2.13 bits per heavy atom. The molecule has 2 heterocycles. The molecule has 1 saturated heterocycles. The zero-order valence-corrected chi connectivity index (χ0v) is 17.4. The first-order chi connectivity index (χ1) is 15.1. The average molecular weight is 438 g/mol. The van der Waals surface area contributed by atoms with Crippen LogP contribution in [0.4, 0.5) is 10.1 Å². The molecule has 1 aromatic heterocycles. The standard InChI is InChI=1S/C22H20FN5O2S/c23-17-8-6-16(7-9-17)21-26-27-22(28(21)13-19-5-2-10-30-19)31-14-20(29)25-18-4-1-3-15(11-18)12-24/h1,3-4,6-9,11,19H,2,5,10,13-14H2,(H,25,29)/t19-/m0/s1. The van der Waals surface area contributed by atoms with Crippen LogP contribution < -0.4 is 5.32 Å². The van der Waals surface area contributed by atoms with Crippen molar-refractivity contribution in [3.8, 4) is 17.5 Å². The molecule has 9 heteroatoms. The number of ether oxygens (including phenoxy) is 1. The minimum Gasteiger partial charge on any atom is -0.376 e. The molecule has 3 aromatic rings. The number of nitrogens with zero attached hydrogens (tertiary/aromatic N) is 4. The van der Waals surface area contributed by atoms with Gasteiger partial charge < -0.3 is 10.1 Å². The predicted molar refractivity (Wildman–Crippen MR) is 115 cm³/mol. The molecule has 0 saturated carbocycles. The Morgan fingerprint density at radius 3 is 2.87 bits per heavy atom. The lowest BCUT2D eigenvalue weighted by molar-refractivity contribution is -0.113. The third kappa shape index (κ3) is 5.29. The number of halogens is 1. The van der Waals surface area contributed by atoms with Gasteiger partial charge in [-0.3, -0.25) is 9.36 Å². The molecule has 1 amide bonds. The maximum Gasteiger partial charge on any atom is 0.234 e. The van der Waals surface area contributed by atoms with Gasteiger partial charge in [-0.1, -0.05) is 17.8 Å². The number of carbonyl (C=O) groups excluding carboxylic acids is 1. The summed E-state index contributed by atoms with van der Waals surface area (Å²) in [7, 11) is 0. The summed E-state index contributed by atoms with van der Waals surface area (Å²) in [6.45, 7) is 1.29. The van der Waals surface area contributed by atoms with Crippen molar-refractivity contribution in [2.45, 2.75) is 30.6 Å². The van der Waals surface area contributed by atoms with Crippen molar-refractivity contribution in [2.75, 3.05) is 17.7 Å². The Kier molecular flexibility index (Phi) is 6.60.